The van der Waals surface area contributed by atoms with E-state index in [1.165, 1.54) is 12.3 Å². The van der Waals surface area contributed by atoms with Crippen LogP contribution in [0.4, 0.5) is 5.69 Å². The van der Waals surface area contributed by atoms with Gasteiger partial charge in [-0.2, -0.15) is 0 Å². The van der Waals surface area contributed by atoms with Gasteiger partial charge < -0.3 is 15.2 Å². The quantitative estimate of drug-likeness (QED) is 0.787. The molecule has 1 heterocycles. The van der Waals surface area contributed by atoms with Gasteiger partial charge in [0, 0.05) is 0 Å². The highest BCUT2D eigenvalue weighted by molar-refractivity contribution is 5.92. The van der Waals surface area contributed by atoms with Gasteiger partial charge in [-0.3, -0.25) is 0 Å². The van der Waals surface area contributed by atoms with Crippen molar-refractivity contribution in [3.8, 4) is 5.88 Å². The number of carbonyl (C=O) groups excluding carboxylic acids is 1. The molecule has 0 radical (unpaired) electrons. The molecule has 5 nitrogen and oxygen atoms in total. The number of pyridine rings is 1. The summed E-state index contributed by atoms with van der Waals surface area (Å²) in [6, 6.07) is 1.50. The fourth-order valence-corrected chi connectivity index (χ4v) is 1.14. The average Bonchev–Trinajstić information content (AvgIpc) is 2.20. The summed E-state index contributed by atoms with van der Waals surface area (Å²) in [5.41, 5.74) is 6.23. The van der Waals surface area contributed by atoms with Gasteiger partial charge in [0.2, 0.25) is 5.88 Å². The first-order valence-corrected chi connectivity index (χ1v) is 5.14. The summed E-state index contributed by atoms with van der Waals surface area (Å²) in [5, 5.41) is 0. The molecule has 1 rings (SSSR count). The Kier molecular flexibility index (Phi) is 4.10. The summed E-state index contributed by atoms with van der Waals surface area (Å²) >= 11 is 0. The maximum atomic E-state index is 11.6. The smallest absolute Gasteiger partial charge is 0.343 e. The van der Waals surface area contributed by atoms with Crippen molar-refractivity contribution in [3.63, 3.8) is 0 Å². The van der Waals surface area contributed by atoms with Crippen molar-refractivity contribution in [1.29, 1.82) is 0 Å². The van der Waals surface area contributed by atoms with Crippen molar-refractivity contribution in [2.24, 2.45) is 0 Å². The summed E-state index contributed by atoms with van der Waals surface area (Å²) in [7, 11) is 0. The van der Waals surface area contributed by atoms with Crippen molar-refractivity contribution in [3.05, 3.63) is 17.8 Å². The first-order chi connectivity index (χ1) is 7.54. The Balaban J connectivity index is 3.02. The Labute approximate surface area is 94.6 Å². The number of anilines is 1. The lowest BCUT2D eigenvalue weighted by molar-refractivity contribution is 0.0519. The second kappa shape index (κ2) is 5.34. The van der Waals surface area contributed by atoms with Crippen LogP contribution >= 0.6 is 0 Å². The van der Waals surface area contributed by atoms with E-state index in [0.29, 0.717) is 12.3 Å². The molecule has 0 fully saturated rings. The van der Waals surface area contributed by atoms with Gasteiger partial charge >= 0.3 is 5.97 Å². The summed E-state index contributed by atoms with van der Waals surface area (Å²) in [6.45, 7) is 5.75. The van der Waals surface area contributed by atoms with Crippen molar-refractivity contribution in [2.45, 2.75) is 26.9 Å². The summed E-state index contributed by atoms with van der Waals surface area (Å²) in [6.07, 6.45) is 1.38. The minimum absolute atomic E-state index is 0.0655. The SMILES string of the molecule is CCOC(=O)c1cc(N)cnc1OC(C)C. The van der Waals surface area contributed by atoms with Gasteiger partial charge in [-0.15, -0.1) is 0 Å². The Morgan fingerprint density at radius 1 is 1.56 bits per heavy atom. The molecule has 88 valence electrons. The number of hydrogen-bond acceptors (Lipinski definition) is 5. The van der Waals surface area contributed by atoms with E-state index in [2.05, 4.69) is 4.98 Å². The number of nitrogen functional groups attached to an aromatic ring is 1. The molecule has 16 heavy (non-hydrogen) atoms. The number of carbonyl (C=O) groups is 1. The molecule has 1 aromatic heterocycles. The van der Waals surface area contributed by atoms with E-state index in [4.69, 9.17) is 15.2 Å². The topological polar surface area (TPSA) is 74.4 Å². The average molecular weight is 224 g/mol. The Bertz CT molecular complexity index is 377. The lowest BCUT2D eigenvalue weighted by Gasteiger charge is -2.12. The Hall–Kier alpha value is -1.78. The highest BCUT2D eigenvalue weighted by Gasteiger charge is 2.16. The molecule has 0 aliphatic heterocycles. The van der Waals surface area contributed by atoms with Crippen molar-refractivity contribution in [1.82, 2.24) is 4.98 Å². The summed E-state index contributed by atoms with van der Waals surface area (Å²) < 4.78 is 10.3. The van der Waals surface area contributed by atoms with Gasteiger partial charge in [-0.05, 0) is 26.8 Å². The number of nitrogens with zero attached hydrogens (tertiary/aromatic N) is 1. The summed E-state index contributed by atoms with van der Waals surface area (Å²) in [4.78, 5) is 15.6. The minimum Gasteiger partial charge on any atom is -0.474 e. The first kappa shape index (κ1) is 12.3. The Morgan fingerprint density at radius 2 is 2.25 bits per heavy atom. The summed E-state index contributed by atoms with van der Waals surface area (Å²) in [5.74, 6) is -0.222. The van der Waals surface area contributed by atoms with Crippen LogP contribution in [0.15, 0.2) is 12.3 Å². The number of hydrogen-bond donors (Lipinski definition) is 1. The third-order valence-corrected chi connectivity index (χ3v) is 1.71. The van der Waals surface area contributed by atoms with Crippen LogP contribution in [0.25, 0.3) is 0 Å². The molecule has 1 aromatic rings. The highest BCUT2D eigenvalue weighted by atomic mass is 16.5. The molecule has 0 aliphatic carbocycles. The largest absolute Gasteiger partial charge is 0.474 e. The van der Waals surface area contributed by atoms with Gasteiger partial charge in [0.05, 0.1) is 24.6 Å². The normalized spacial score (nSPS) is 10.2. The van der Waals surface area contributed by atoms with Crippen LogP contribution in [-0.4, -0.2) is 23.7 Å². The first-order valence-electron chi connectivity index (χ1n) is 5.14. The molecule has 5 heteroatoms. The zero-order valence-corrected chi connectivity index (χ0v) is 9.69. The van der Waals surface area contributed by atoms with Crippen LogP contribution < -0.4 is 10.5 Å². The lowest BCUT2D eigenvalue weighted by atomic mass is 10.2. The maximum Gasteiger partial charge on any atom is 0.343 e. The number of nitrogens with two attached hydrogens (primary N) is 1. The molecule has 0 aromatic carbocycles. The van der Waals surface area contributed by atoms with E-state index in [-0.39, 0.29) is 17.5 Å². The number of esters is 1. The highest BCUT2D eigenvalue weighted by Crippen LogP contribution is 2.20. The minimum atomic E-state index is -0.474. The number of aromatic nitrogens is 1. The maximum absolute atomic E-state index is 11.6. The molecule has 0 bridgehead atoms. The van der Waals surface area contributed by atoms with Crippen LogP contribution in [0.2, 0.25) is 0 Å². The molecular formula is C11H16N2O3. The molecular weight excluding hydrogens is 208 g/mol. The Morgan fingerprint density at radius 3 is 2.81 bits per heavy atom. The number of ether oxygens (including phenoxy) is 2. The molecule has 0 aliphatic rings. The number of rotatable bonds is 4. The van der Waals surface area contributed by atoms with Gasteiger partial charge in [0.15, 0.2) is 0 Å². The third kappa shape index (κ3) is 3.12. The van der Waals surface area contributed by atoms with Crippen LogP contribution in [0.5, 0.6) is 5.88 Å². The van der Waals surface area contributed by atoms with Gasteiger partial charge in [0.1, 0.15) is 5.56 Å². The van der Waals surface area contributed by atoms with E-state index < -0.39 is 5.97 Å². The molecule has 0 amide bonds. The molecule has 0 saturated carbocycles. The van der Waals surface area contributed by atoms with Crippen LogP contribution in [0, 0.1) is 0 Å². The van der Waals surface area contributed by atoms with Gasteiger partial charge in [-0.1, -0.05) is 0 Å². The van der Waals surface area contributed by atoms with E-state index >= 15 is 0 Å². The van der Waals surface area contributed by atoms with Crippen molar-refractivity contribution < 1.29 is 14.3 Å². The molecule has 0 saturated heterocycles. The van der Waals surface area contributed by atoms with E-state index in [1.54, 1.807) is 6.92 Å². The van der Waals surface area contributed by atoms with Crippen molar-refractivity contribution in [2.75, 3.05) is 12.3 Å². The van der Waals surface area contributed by atoms with Gasteiger partial charge in [0.25, 0.3) is 0 Å². The zero-order chi connectivity index (χ0) is 12.1. The second-order valence-corrected chi connectivity index (χ2v) is 3.51. The van der Waals surface area contributed by atoms with Gasteiger partial charge in [-0.25, -0.2) is 9.78 Å². The second-order valence-electron chi connectivity index (χ2n) is 3.51. The molecule has 0 unspecified atom stereocenters. The van der Waals surface area contributed by atoms with E-state index in [0.717, 1.165) is 0 Å². The van der Waals surface area contributed by atoms with E-state index in [9.17, 15) is 4.79 Å². The lowest BCUT2D eigenvalue weighted by Crippen LogP contribution is -2.13. The fourth-order valence-electron chi connectivity index (χ4n) is 1.14. The van der Waals surface area contributed by atoms with E-state index in [1.807, 2.05) is 13.8 Å². The molecule has 0 atom stereocenters. The predicted octanol–water partition coefficient (Wildman–Crippen LogP) is 1.63. The standard InChI is InChI=1S/C11H16N2O3/c1-4-15-11(14)9-5-8(12)6-13-10(9)16-7(2)3/h5-7H,4,12H2,1-3H3. The zero-order valence-electron chi connectivity index (χ0n) is 9.69. The van der Waals surface area contributed by atoms with Crippen LogP contribution in [-0.2, 0) is 4.74 Å². The fraction of sp³-hybridized carbons (Fsp3) is 0.455. The molecule has 0 spiro atoms. The predicted molar refractivity (Wildman–Crippen MR) is 60.4 cm³/mol. The molecule has 2 N–H and O–H groups in total. The van der Waals surface area contributed by atoms with Crippen molar-refractivity contribution >= 4 is 11.7 Å². The third-order valence-electron chi connectivity index (χ3n) is 1.71. The van der Waals surface area contributed by atoms with Crippen LogP contribution in [0.1, 0.15) is 31.1 Å². The monoisotopic (exact) mass is 224 g/mol. The van der Waals surface area contributed by atoms with Crippen LogP contribution in [0.3, 0.4) is 0 Å².